The van der Waals surface area contributed by atoms with Gasteiger partial charge in [0, 0.05) is 32.5 Å². The van der Waals surface area contributed by atoms with Crippen molar-refractivity contribution >= 4 is 15.7 Å². The maximum Gasteiger partial charge on any atom is 0.227 e. The van der Waals surface area contributed by atoms with Gasteiger partial charge < -0.3 is 9.47 Å². The van der Waals surface area contributed by atoms with E-state index in [2.05, 4.69) is 0 Å². The molecule has 0 aliphatic carbocycles. The number of aromatic nitrogens is 1. The van der Waals surface area contributed by atoms with E-state index in [0.717, 1.165) is 5.56 Å². The molecule has 1 fully saturated rings. The van der Waals surface area contributed by atoms with Crippen LogP contribution in [0, 0.1) is 0 Å². The minimum absolute atomic E-state index is 0.0247. The van der Waals surface area contributed by atoms with Crippen molar-refractivity contribution in [3.63, 3.8) is 0 Å². The van der Waals surface area contributed by atoms with Crippen LogP contribution in [0.5, 0.6) is 0 Å². The molecule has 0 spiro atoms. The monoisotopic (exact) mass is 270 g/mol. The maximum atomic E-state index is 12.0. The molecule has 1 aliphatic rings. The molecule has 1 amide bonds. The highest BCUT2D eigenvalue weighted by atomic mass is 32.2. The second kappa shape index (κ2) is 4.76. The lowest BCUT2D eigenvalue weighted by molar-refractivity contribution is -0.130. The number of aryl methyl sites for hydroxylation is 1. The smallest absolute Gasteiger partial charge is 0.227 e. The fourth-order valence-electron chi connectivity index (χ4n) is 2.25. The molecule has 5 nitrogen and oxygen atoms in total. The number of carbonyl (C=O) groups excluding carboxylic acids is 1. The lowest BCUT2D eigenvalue weighted by Crippen LogP contribution is -2.38. The molecule has 0 aromatic carbocycles. The molecule has 6 heteroatoms. The highest BCUT2D eigenvalue weighted by Gasteiger charge is 2.32. The van der Waals surface area contributed by atoms with Crippen LogP contribution in [0.1, 0.15) is 12.0 Å². The normalized spacial score (nSPS) is 22.0. The minimum Gasteiger partial charge on any atom is -0.357 e. The molecular weight excluding hydrogens is 252 g/mol. The average Bonchev–Trinajstić information content (AvgIpc) is 2.83. The lowest BCUT2D eigenvalue weighted by Gasteiger charge is -2.23. The number of likely N-dealkylation sites (N-methyl/N-ethyl adjacent to an activating group) is 1. The summed E-state index contributed by atoms with van der Waals surface area (Å²) in [4.78, 5) is 13.6. The number of amides is 1. The summed E-state index contributed by atoms with van der Waals surface area (Å²) in [5, 5.41) is 0. The Bertz CT molecular complexity index is 547. The molecule has 100 valence electrons. The highest BCUT2D eigenvalue weighted by molar-refractivity contribution is 7.91. The van der Waals surface area contributed by atoms with Crippen LogP contribution in [0.2, 0.25) is 0 Å². The zero-order valence-corrected chi connectivity index (χ0v) is 11.5. The molecule has 0 N–H and O–H groups in total. The topological polar surface area (TPSA) is 59.4 Å². The van der Waals surface area contributed by atoms with Gasteiger partial charge in [-0.3, -0.25) is 4.79 Å². The highest BCUT2D eigenvalue weighted by Crippen LogP contribution is 2.17. The second-order valence-electron chi connectivity index (χ2n) is 4.92. The van der Waals surface area contributed by atoms with Gasteiger partial charge in [-0.15, -0.1) is 0 Å². The van der Waals surface area contributed by atoms with Crippen LogP contribution in [0.25, 0.3) is 0 Å². The van der Waals surface area contributed by atoms with E-state index in [4.69, 9.17) is 0 Å². The Labute approximate surface area is 107 Å². The Morgan fingerprint density at radius 3 is 2.78 bits per heavy atom. The van der Waals surface area contributed by atoms with Crippen molar-refractivity contribution < 1.29 is 13.2 Å². The Balaban J connectivity index is 1.97. The van der Waals surface area contributed by atoms with Gasteiger partial charge in [-0.2, -0.15) is 0 Å². The van der Waals surface area contributed by atoms with E-state index in [0.29, 0.717) is 12.8 Å². The van der Waals surface area contributed by atoms with E-state index in [1.165, 1.54) is 0 Å². The molecular formula is C12H18N2O3S. The van der Waals surface area contributed by atoms with Crippen LogP contribution in [-0.4, -0.2) is 48.4 Å². The average molecular weight is 270 g/mol. The molecule has 0 saturated carbocycles. The fourth-order valence-corrected chi connectivity index (χ4v) is 4.02. The molecule has 1 aromatic rings. The molecule has 0 bridgehead atoms. The summed E-state index contributed by atoms with van der Waals surface area (Å²) in [6.45, 7) is 0. The van der Waals surface area contributed by atoms with Gasteiger partial charge >= 0.3 is 0 Å². The fraction of sp³-hybridized carbons (Fsp3) is 0.583. The Morgan fingerprint density at radius 2 is 2.28 bits per heavy atom. The van der Waals surface area contributed by atoms with Crippen LogP contribution in [-0.2, 0) is 28.1 Å². The van der Waals surface area contributed by atoms with Gasteiger partial charge in [-0.1, -0.05) is 0 Å². The SMILES string of the molecule is CN(C(=O)Cc1ccn(C)c1)C1CCS(=O)(=O)C1. The van der Waals surface area contributed by atoms with Gasteiger partial charge in [0.1, 0.15) is 0 Å². The van der Waals surface area contributed by atoms with Gasteiger partial charge in [0.05, 0.1) is 17.9 Å². The van der Waals surface area contributed by atoms with Gasteiger partial charge in [0.2, 0.25) is 5.91 Å². The summed E-state index contributed by atoms with van der Waals surface area (Å²) in [6, 6.07) is 1.74. The van der Waals surface area contributed by atoms with Crippen LogP contribution in [0.4, 0.5) is 0 Å². The van der Waals surface area contributed by atoms with Gasteiger partial charge in [0.25, 0.3) is 0 Å². The lowest BCUT2D eigenvalue weighted by atomic mass is 10.2. The van der Waals surface area contributed by atoms with E-state index in [-0.39, 0.29) is 23.5 Å². The van der Waals surface area contributed by atoms with Crippen molar-refractivity contribution in [1.82, 2.24) is 9.47 Å². The first-order chi connectivity index (χ1) is 8.37. The Morgan fingerprint density at radius 1 is 1.56 bits per heavy atom. The molecule has 2 rings (SSSR count). The molecule has 1 aliphatic heterocycles. The number of nitrogens with zero attached hydrogens (tertiary/aromatic N) is 2. The Kier molecular flexibility index (Phi) is 3.47. The van der Waals surface area contributed by atoms with Crippen LogP contribution >= 0.6 is 0 Å². The third-order valence-electron chi connectivity index (χ3n) is 3.40. The predicted octanol–water partition coefficient (Wildman–Crippen LogP) is 0.213. The molecule has 1 saturated heterocycles. The Hall–Kier alpha value is -1.30. The predicted molar refractivity (Wildman–Crippen MR) is 68.9 cm³/mol. The van der Waals surface area contributed by atoms with E-state index < -0.39 is 9.84 Å². The third-order valence-corrected chi connectivity index (χ3v) is 5.15. The second-order valence-corrected chi connectivity index (χ2v) is 7.15. The van der Waals surface area contributed by atoms with Crippen LogP contribution in [0.3, 0.4) is 0 Å². The minimum atomic E-state index is -2.94. The van der Waals surface area contributed by atoms with Crippen molar-refractivity contribution in [2.24, 2.45) is 7.05 Å². The van der Waals surface area contributed by atoms with Crippen molar-refractivity contribution in [3.05, 3.63) is 24.0 Å². The quantitative estimate of drug-likeness (QED) is 0.789. The number of carbonyl (C=O) groups is 1. The van der Waals surface area contributed by atoms with Crippen molar-refractivity contribution in [2.45, 2.75) is 18.9 Å². The molecule has 18 heavy (non-hydrogen) atoms. The number of hydrogen-bond acceptors (Lipinski definition) is 3. The molecule has 1 aromatic heterocycles. The summed E-state index contributed by atoms with van der Waals surface area (Å²) in [5.74, 6) is 0.272. The third kappa shape index (κ3) is 2.93. The van der Waals surface area contributed by atoms with E-state index in [1.807, 2.05) is 30.1 Å². The molecule has 1 atom stereocenters. The van der Waals surface area contributed by atoms with Crippen molar-refractivity contribution in [1.29, 1.82) is 0 Å². The van der Waals surface area contributed by atoms with Gasteiger partial charge in [0.15, 0.2) is 9.84 Å². The standard InChI is InChI=1S/C12H18N2O3S/c1-13-5-3-10(8-13)7-12(15)14(2)11-4-6-18(16,17)9-11/h3,5,8,11H,4,6-7,9H2,1-2H3. The van der Waals surface area contributed by atoms with E-state index >= 15 is 0 Å². The number of sulfone groups is 1. The number of hydrogen-bond donors (Lipinski definition) is 0. The first-order valence-electron chi connectivity index (χ1n) is 5.94. The van der Waals surface area contributed by atoms with Gasteiger partial charge in [-0.05, 0) is 18.1 Å². The molecule has 1 unspecified atom stereocenters. The summed E-state index contributed by atoms with van der Waals surface area (Å²) >= 11 is 0. The number of rotatable bonds is 3. The van der Waals surface area contributed by atoms with Crippen molar-refractivity contribution in [3.8, 4) is 0 Å². The van der Waals surface area contributed by atoms with Crippen LogP contribution < -0.4 is 0 Å². The van der Waals surface area contributed by atoms with E-state index in [9.17, 15) is 13.2 Å². The molecule has 0 radical (unpaired) electrons. The van der Waals surface area contributed by atoms with Crippen molar-refractivity contribution in [2.75, 3.05) is 18.6 Å². The zero-order chi connectivity index (χ0) is 13.3. The van der Waals surface area contributed by atoms with Crippen LogP contribution in [0.15, 0.2) is 18.5 Å². The summed E-state index contributed by atoms with van der Waals surface area (Å²) < 4.78 is 24.7. The first-order valence-corrected chi connectivity index (χ1v) is 7.76. The summed E-state index contributed by atoms with van der Waals surface area (Å²) in [5.41, 5.74) is 0.954. The first kappa shape index (κ1) is 13.1. The summed E-state index contributed by atoms with van der Waals surface area (Å²) in [7, 11) is 0.655. The van der Waals surface area contributed by atoms with E-state index in [1.54, 1.807) is 11.9 Å². The maximum absolute atomic E-state index is 12.0. The largest absolute Gasteiger partial charge is 0.357 e. The zero-order valence-electron chi connectivity index (χ0n) is 10.7. The summed E-state index contributed by atoms with van der Waals surface area (Å²) in [6.07, 6.45) is 4.67. The molecule has 2 heterocycles. The van der Waals surface area contributed by atoms with Gasteiger partial charge in [-0.25, -0.2) is 8.42 Å².